The Hall–Kier alpha value is -2.63. The van der Waals surface area contributed by atoms with Crippen molar-refractivity contribution in [3.05, 3.63) is 52.3 Å². The van der Waals surface area contributed by atoms with Crippen LogP contribution in [-0.2, 0) is 0 Å². The minimum atomic E-state index is -0.962. The number of aromatic nitrogens is 2. The lowest BCUT2D eigenvalue weighted by atomic mass is 9.85. The highest BCUT2D eigenvalue weighted by molar-refractivity contribution is 6.31. The minimum absolute atomic E-state index is 0.0164. The van der Waals surface area contributed by atoms with E-state index in [2.05, 4.69) is 5.10 Å². The van der Waals surface area contributed by atoms with Gasteiger partial charge in [-0.2, -0.15) is 15.6 Å². The van der Waals surface area contributed by atoms with E-state index >= 15 is 0 Å². The fourth-order valence-electron chi connectivity index (χ4n) is 2.55. The fraction of sp³-hybridized carbons (Fsp3) is 0.294. The van der Waals surface area contributed by atoms with Crippen molar-refractivity contribution in [2.45, 2.75) is 26.2 Å². The average Bonchev–Trinajstić information content (AvgIpc) is 2.86. The summed E-state index contributed by atoms with van der Waals surface area (Å²) in [5.41, 5.74) is 2.08. The van der Waals surface area contributed by atoms with Crippen LogP contribution in [0.2, 0.25) is 5.02 Å². The molecule has 23 heavy (non-hydrogen) atoms. The summed E-state index contributed by atoms with van der Waals surface area (Å²) in [5.74, 6) is -1.83. The number of halogens is 1. The lowest BCUT2D eigenvalue weighted by molar-refractivity contribution is 0.0871. The summed E-state index contributed by atoms with van der Waals surface area (Å²) in [6, 6.07) is 12.7. The molecule has 0 spiro atoms. The summed E-state index contributed by atoms with van der Waals surface area (Å²) in [6.07, 6.45) is -0.0164. The van der Waals surface area contributed by atoms with Gasteiger partial charge in [0.05, 0.1) is 17.8 Å². The van der Waals surface area contributed by atoms with Crippen molar-refractivity contribution in [3.8, 4) is 12.1 Å². The third-order valence-corrected chi connectivity index (χ3v) is 3.97. The second-order valence-corrected chi connectivity index (χ2v) is 5.71. The van der Waals surface area contributed by atoms with E-state index in [1.54, 1.807) is 44.2 Å². The van der Waals surface area contributed by atoms with Crippen molar-refractivity contribution in [2.24, 2.45) is 5.92 Å². The van der Waals surface area contributed by atoms with Crippen molar-refractivity contribution in [1.82, 2.24) is 9.78 Å². The third kappa shape index (κ3) is 3.59. The zero-order valence-electron chi connectivity index (χ0n) is 12.8. The molecule has 1 unspecified atom stereocenters. The molecule has 0 aliphatic rings. The fourth-order valence-corrected chi connectivity index (χ4v) is 2.82. The van der Waals surface area contributed by atoms with Gasteiger partial charge in [-0.05, 0) is 31.5 Å². The van der Waals surface area contributed by atoms with E-state index in [4.69, 9.17) is 11.6 Å². The summed E-state index contributed by atoms with van der Waals surface area (Å²) in [7, 11) is 0. The first-order chi connectivity index (χ1) is 11.0. The van der Waals surface area contributed by atoms with Crippen LogP contribution in [0.3, 0.4) is 0 Å². The number of nitrogens with zero attached hydrogens (tertiary/aromatic N) is 4. The van der Waals surface area contributed by atoms with Gasteiger partial charge < -0.3 is 0 Å². The molecule has 2 aromatic rings. The zero-order valence-corrected chi connectivity index (χ0v) is 13.6. The maximum Gasteiger partial charge on any atom is 0.247 e. The number of nitriles is 2. The molecule has 0 saturated carbocycles. The van der Waals surface area contributed by atoms with Crippen LogP contribution in [0, 0.1) is 42.4 Å². The largest absolute Gasteiger partial charge is 0.273 e. The van der Waals surface area contributed by atoms with Crippen molar-refractivity contribution in [1.29, 1.82) is 10.5 Å². The van der Waals surface area contributed by atoms with Crippen LogP contribution in [0.15, 0.2) is 30.3 Å². The highest BCUT2D eigenvalue weighted by atomic mass is 35.5. The Morgan fingerprint density at radius 3 is 2.48 bits per heavy atom. The maximum atomic E-state index is 12.5. The van der Waals surface area contributed by atoms with E-state index in [0.29, 0.717) is 10.6 Å². The third-order valence-electron chi connectivity index (χ3n) is 3.63. The van der Waals surface area contributed by atoms with Gasteiger partial charge in [-0.15, -0.1) is 0 Å². The molecule has 1 atom stereocenters. The molecular formula is C17H15ClN4O. The van der Waals surface area contributed by atoms with Crippen molar-refractivity contribution < 1.29 is 4.79 Å². The standard InChI is InChI=1S/C17H15ClN4O/c1-11-7-12(2)22(21-11)17(23)8-15(13(9-19)10-20)14-5-3-4-6-16(14)18/h3-7,13,15H,8H2,1-2H3. The number of hydrogen-bond donors (Lipinski definition) is 0. The van der Waals surface area contributed by atoms with Gasteiger partial charge in [0, 0.05) is 23.1 Å². The molecule has 116 valence electrons. The maximum absolute atomic E-state index is 12.5. The normalized spacial score (nSPS) is 11.7. The molecule has 2 rings (SSSR count). The summed E-state index contributed by atoms with van der Waals surface area (Å²) in [4.78, 5) is 12.5. The number of benzene rings is 1. The first kappa shape index (κ1) is 16.7. The van der Waals surface area contributed by atoms with E-state index in [0.717, 1.165) is 11.4 Å². The minimum Gasteiger partial charge on any atom is -0.273 e. The van der Waals surface area contributed by atoms with Crippen LogP contribution in [-0.4, -0.2) is 15.7 Å². The molecule has 1 aromatic carbocycles. The Morgan fingerprint density at radius 1 is 1.30 bits per heavy atom. The highest BCUT2D eigenvalue weighted by Gasteiger charge is 2.28. The van der Waals surface area contributed by atoms with Gasteiger partial charge >= 0.3 is 0 Å². The molecule has 0 amide bonds. The smallest absolute Gasteiger partial charge is 0.247 e. The summed E-state index contributed by atoms with van der Waals surface area (Å²) >= 11 is 6.19. The number of rotatable bonds is 4. The lowest BCUT2D eigenvalue weighted by Gasteiger charge is -2.18. The van der Waals surface area contributed by atoms with Crippen molar-refractivity contribution in [3.63, 3.8) is 0 Å². The van der Waals surface area contributed by atoms with E-state index in [9.17, 15) is 15.3 Å². The second kappa shape index (κ2) is 7.09. The van der Waals surface area contributed by atoms with Crippen LogP contribution in [0.1, 0.15) is 34.1 Å². The average molecular weight is 327 g/mol. The number of carbonyl (C=O) groups excluding carboxylic acids is 1. The highest BCUT2D eigenvalue weighted by Crippen LogP contribution is 2.33. The Balaban J connectivity index is 2.38. The summed E-state index contributed by atoms with van der Waals surface area (Å²) in [6.45, 7) is 3.59. The van der Waals surface area contributed by atoms with Crippen LogP contribution in [0.25, 0.3) is 0 Å². The van der Waals surface area contributed by atoms with E-state index in [1.165, 1.54) is 4.68 Å². The summed E-state index contributed by atoms with van der Waals surface area (Å²) in [5, 5.41) is 23.1. The van der Waals surface area contributed by atoms with Crippen LogP contribution < -0.4 is 0 Å². The van der Waals surface area contributed by atoms with Crippen molar-refractivity contribution >= 4 is 17.5 Å². The Morgan fingerprint density at radius 2 is 1.96 bits per heavy atom. The molecule has 0 aliphatic carbocycles. The van der Waals surface area contributed by atoms with E-state index < -0.39 is 11.8 Å². The van der Waals surface area contributed by atoms with Gasteiger partial charge in [0.1, 0.15) is 5.92 Å². The molecule has 5 nitrogen and oxygen atoms in total. The van der Waals surface area contributed by atoms with E-state index in [1.807, 2.05) is 12.1 Å². The van der Waals surface area contributed by atoms with Gasteiger partial charge in [0.25, 0.3) is 0 Å². The molecule has 6 heteroatoms. The number of carbonyl (C=O) groups is 1. The predicted octanol–water partition coefficient (Wildman–Crippen LogP) is 3.63. The second-order valence-electron chi connectivity index (χ2n) is 5.30. The quantitative estimate of drug-likeness (QED) is 0.858. The number of aryl methyl sites for hydroxylation is 2. The molecule has 0 saturated heterocycles. The Kier molecular flexibility index (Phi) is 5.16. The van der Waals surface area contributed by atoms with Gasteiger partial charge in [0.15, 0.2) is 0 Å². The Labute approximate surface area is 139 Å². The first-order valence-electron chi connectivity index (χ1n) is 7.08. The summed E-state index contributed by atoms with van der Waals surface area (Å²) < 4.78 is 1.31. The zero-order chi connectivity index (χ0) is 17.0. The van der Waals surface area contributed by atoms with Crippen molar-refractivity contribution in [2.75, 3.05) is 0 Å². The van der Waals surface area contributed by atoms with Crippen LogP contribution in [0.4, 0.5) is 0 Å². The molecule has 0 aliphatic heterocycles. The molecule has 1 heterocycles. The van der Waals surface area contributed by atoms with Gasteiger partial charge in [0.2, 0.25) is 5.91 Å². The number of hydrogen-bond acceptors (Lipinski definition) is 4. The molecule has 1 aromatic heterocycles. The van der Waals surface area contributed by atoms with Gasteiger partial charge in [-0.3, -0.25) is 4.79 Å². The lowest BCUT2D eigenvalue weighted by Crippen LogP contribution is -2.21. The topological polar surface area (TPSA) is 82.5 Å². The van der Waals surface area contributed by atoms with Gasteiger partial charge in [-0.1, -0.05) is 29.8 Å². The monoisotopic (exact) mass is 326 g/mol. The molecule has 0 bridgehead atoms. The van der Waals surface area contributed by atoms with E-state index in [-0.39, 0.29) is 12.3 Å². The molecule has 0 N–H and O–H groups in total. The predicted molar refractivity (Wildman–Crippen MR) is 85.9 cm³/mol. The van der Waals surface area contributed by atoms with Crippen LogP contribution >= 0.6 is 11.6 Å². The van der Waals surface area contributed by atoms with Crippen LogP contribution in [0.5, 0.6) is 0 Å². The molecule has 0 radical (unpaired) electrons. The SMILES string of the molecule is Cc1cc(C)n(C(=O)CC(c2ccccc2Cl)C(C#N)C#N)n1. The van der Waals surface area contributed by atoms with Gasteiger partial charge in [-0.25, -0.2) is 4.68 Å². The molecular weight excluding hydrogens is 312 g/mol. The molecule has 0 fully saturated rings. The first-order valence-corrected chi connectivity index (χ1v) is 7.45. The Bertz CT molecular complexity index is 799.